The normalized spacial score (nSPS) is 11.9. The molecule has 0 spiro atoms. The molecule has 0 radical (unpaired) electrons. The third kappa shape index (κ3) is 2.77. The molecular weight excluding hydrogens is 557 g/mol. The zero-order chi connectivity index (χ0) is 12.0. The molecule has 0 aliphatic carbocycles. The SMILES string of the molecule is Cc1c(I)c(C)c(I)c(S(=O)(=O)[O-])c1I. The summed E-state index contributed by atoms with van der Waals surface area (Å²) in [7, 11) is -4.39. The molecule has 0 N–H and O–H groups in total. The van der Waals surface area contributed by atoms with Gasteiger partial charge in [0, 0.05) is 10.7 Å². The predicted molar refractivity (Wildman–Crippen MR) is 82.0 cm³/mol. The van der Waals surface area contributed by atoms with Gasteiger partial charge in [0.1, 0.15) is 10.1 Å². The third-order valence-electron chi connectivity index (χ3n) is 1.97. The molecule has 0 amide bonds. The Bertz CT molecular complexity index is 493. The summed E-state index contributed by atoms with van der Waals surface area (Å²) in [5.41, 5.74) is 1.70. The first-order chi connectivity index (χ1) is 6.68. The van der Waals surface area contributed by atoms with Crippen molar-refractivity contribution in [3.05, 3.63) is 21.8 Å². The Hall–Kier alpha value is 1.32. The molecule has 3 nitrogen and oxygen atoms in total. The lowest BCUT2D eigenvalue weighted by atomic mass is 10.2. The van der Waals surface area contributed by atoms with Crippen LogP contribution in [0.15, 0.2) is 4.90 Å². The van der Waals surface area contributed by atoms with Crippen LogP contribution in [0.5, 0.6) is 0 Å². The molecule has 1 aromatic rings. The van der Waals surface area contributed by atoms with Crippen LogP contribution in [0.1, 0.15) is 11.1 Å². The van der Waals surface area contributed by atoms with E-state index in [-0.39, 0.29) is 4.90 Å². The molecule has 7 heteroatoms. The first-order valence-corrected chi connectivity index (χ1v) is 8.42. The summed E-state index contributed by atoms with van der Waals surface area (Å²) in [6, 6.07) is 0. The standard InChI is InChI=1S/C8H7I3O3S/c1-3-5(9)4(2)7(11)8(6(3)10)15(12,13)14/h1-2H3,(H,12,13,14)/p-1. The summed E-state index contributed by atoms with van der Waals surface area (Å²) >= 11 is 5.98. The predicted octanol–water partition coefficient (Wildman–Crippen LogP) is 3.02. The van der Waals surface area contributed by atoms with Crippen LogP contribution < -0.4 is 0 Å². The molecule has 0 aliphatic heterocycles. The van der Waals surface area contributed by atoms with Gasteiger partial charge in [-0.1, -0.05) is 0 Å². The maximum Gasteiger partial charge on any atom is 0.126 e. The second-order valence-corrected chi connectivity index (χ2v) is 7.53. The zero-order valence-electron chi connectivity index (χ0n) is 7.77. The Labute approximate surface area is 130 Å². The molecule has 0 bridgehead atoms. The average molecular weight is 563 g/mol. The maximum absolute atomic E-state index is 11.1. The Kier molecular flexibility index (Phi) is 4.70. The van der Waals surface area contributed by atoms with Crippen molar-refractivity contribution in [2.24, 2.45) is 0 Å². The molecule has 0 fully saturated rings. The highest BCUT2D eigenvalue weighted by Gasteiger charge is 2.19. The van der Waals surface area contributed by atoms with Crippen LogP contribution in [0, 0.1) is 24.6 Å². The monoisotopic (exact) mass is 563 g/mol. The van der Waals surface area contributed by atoms with Gasteiger partial charge in [-0.3, -0.25) is 0 Å². The molecule has 0 unspecified atom stereocenters. The fraction of sp³-hybridized carbons (Fsp3) is 0.250. The van der Waals surface area contributed by atoms with Gasteiger partial charge < -0.3 is 4.55 Å². The van der Waals surface area contributed by atoms with Crippen LogP contribution >= 0.6 is 67.8 Å². The summed E-state index contributed by atoms with van der Waals surface area (Å²) < 4.78 is 35.4. The van der Waals surface area contributed by atoms with Crippen molar-refractivity contribution in [3.63, 3.8) is 0 Å². The minimum atomic E-state index is -4.39. The van der Waals surface area contributed by atoms with E-state index in [0.29, 0.717) is 7.14 Å². The fourth-order valence-corrected chi connectivity index (χ4v) is 6.66. The molecule has 15 heavy (non-hydrogen) atoms. The number of hydrogen-bond donors (Lipinski definition) is 0. The summed E-state index contributed by atoms with van der Waals surface area (Å²) in [6.45, 7) is 3.64. The second-order valence-electron chi connectivity index (χ2n) is 2.98. The van der Waals surface area contributed by atoms with Crippen molar-refractivity contribution in [3.8, 4) is 0 Å². The van der Waals surface area contributed by atoms with Gasteiger partial charge in [0.25, 0.3) is 0 Å². The minimum Gasteiger partial charge on any atom is -0.744 e. The van der Waals surface area contributed by atoms with Crippen molar-refractivity contribution in [1.29, 1.82) is 0 Å². The van der Waals surface area contributed by atoms with Crippen molar-refractivity contribution in [2.45, 2.75) is 18.7 Å². The van der Waals surface area contributed by atoms with Gasteiger partial charge in [0.15, 0.2) is 0 Å². The Morgan fingerprint density at radius 2 is 1.27 bits per heavy atom. The van der Waals surface area contributed by atoms with E-state index < -0.39 is 10.1 Å². The molecule has 0 saturated carbocycles. The van der Waals surface area contributed by atoms with E-state index in [1.54, 1.807) is 0 Å². The lowest BCUT2D eigenvalue weighted by molar-refractivity contribution is 0.461. The third-order valence-corrected chi connectivity index (χ3v) is 7.92. The van der Waals surface area contributed by atoms with Gasteiger partial charge in [-0.2, -0.15) is 0 Å². The Balaban J connectivity index is 3.84. The largest absolute Gasteiger partial charge is 0.744 e. The number of hydrogen-bond acceptors (Lipinski definition) is 3. The molecule has 0 heterocycles. The van der Waals surface area contributed by atoms with Crippen molar-refractivity contribution >= 4 is 77.9 Å². The summed E-state index contributed by atoms with van der Waals surface area (Å²) in [6.07, 6.45) is 0. The smallest absolute Gasteiger partial charge is 0.126 e. The van der Waals surface area contributed by atoms with Crippen LogP contribution in [0.3, 0.4) is 0 Å². The highest BCUT2D eigenvalue weighted by atomic mass is 127. The minimum absolute atomic E-state index is 0.0842. The van der Waals surface area contributed by atoms with Crippen molar-refractivity contribution < 1.29 is 13.0 Å². The molecule has 0 atom stereocenters. The van der Waals surface area contributed by atoms with Crippen LogP contribution in [-0.4, -0.2) is 13.0 Å². The lowest BCUT2D eigenvalue weighted by Crippen LogP contribution is -2.09. The van der Waals surface area contributed by atoms with E-state index in [4.69, 9.17) is 0 Å². The van der Waals surface area contributed by atoms with Crippen LogP contribution in [0.2, 0.25) is 0 Å². The molecule has 0 saturated heterocycles. The van der Waals surface area contributed by atoms with Gasteiger partial charge in [0.05, 0.1) is 4.90 Å². The van der Waals surface area contributed by atoms with E-state index in [0.717, 1.165) is 14.7 Å². The van der Waals surface area contributed by atoms with Gasteiger partial charge in [-0.05, 0) is 92.7 Å². The zero-order valence-corrected chi connectivity index (χ0v) is 15.1. The number of halogens is 3. The van der Waals surface area contributed by atoms with Crippen molar-refractivity contribution in [2.75, 3.05) is 0 Å². The number of rotatable bonds is 1. The van der Waals surface area contributed by atoms with Gasteiger partial charge in [-0.25, -0.2) is 8.42 Å². The lowest BCUT2D eigenvalue weighted by Gasteiger charge is -2.17. The quantitative estimate of drug-likeness (QED) is 0.391. The van der Waals surface area contributed by atoms with E-state index in [1.165, 1.54) is 0 Å². The van der Waals surface area contributed by atoms with Crippen LogP contribution in [-0.2, 0) is 10.1 Å². The fourth-order valence-electron chi connectivity index (χ4n) is 1.13. The van der Waals surface area contributed by atoms with Gasteiger partial charge in [-0.15, -0.1) is 0 Å². The van der Waals surface area contributed by atoms with Crippen LogP contribution in [0.25, 0.3) is 0 Å². The van der Waals surface area contributed by atoms with Crippen molar-refractivity contribution in [1.82, 2.24) is 0 Å². The topological polar surface area (TPSA) is 57.2 Å². The van der Waals surface area contributed by atoms with E-state index in [2.05, 4.69) is 22.6 Å². The van der Waals surface area contributed by atoms with Gasteiger partial charge >= 0.3 is 0 Å². The molecule has 84 valence electrons. The van der Waals surface area contributed by atoms with E-state index in [9.17, 15) is 13.0 Å². The molecule has 0 aliphatic rings. The van der Waals surface area contributed by atoms with Gasteiger partial charge in [0.2, 0.25) is 0 Å². The number of benzene rings is 1. The molecule has 0 aromatic heterocycles. The first kappa shape index (κ1) is 14.4. The average Bonchev–Trinajstić information content (AvgIpc) is 2.09. The maximum atomic E-state index is 11.1. The Morgan fingerprint density at radius 1 is 0.933 bits per heavy atom. The second kappa shape index (κ2) is 4.90. The Morgan fingerprint density at radius 3 is 1.53 bits per heavy atom. The first-order valence-electron chi connectivity index (χ1n) is 3.77. The van der Waals surface area contributed by atoms with E-state index in [1.807, 2.05) is 59.0 Å². The molecular formula is C8H6I3O3S-. The summed E-state index contributed by atoms with van der Waals surface area (Å²) in [5.74, 6) is 0. The van der Waals surface area contributed by atoms with Crippen LogP contribution in [0.4, 0.5) is 0 Å². The summed E-state index contributed by atoms with van der Waals surface area (Å²) in [4.78, 5) is -0.0842. The van der Waals surface area contributed by atoms with E-state index >= 15 is 0 Å². The highest BCUT2D eigenvalue weighted by Crippen LogP contribution is 2.33. The highest BCUT2D eigenvalue weighted by molar-refractivity contribution is 14.1. The summed E-state index contributed by atoms with van der Waals surface area (Å²) in [5, 5.41) is 0. The molecule has 1 aromatic carbocycles. The molecule has 1 rings (SSSR count).